The van der Waals surface area contributed by atoms with Gasteiger partial charge in [0.25, 0.3) is 0 Å². The molecule has 0 heterocycles. The molecule has 0 aromatic heterocycles. The summed E-state index contributed by atoms with van der Waals surface area (Å²) in [6.07, 6.45) is 2.72. The van der Waals surface area contributed by atoms with E-state index in [4.69, 9.17) is 5.73 Å². The van der Waals surface area contributed by atoms with Crippen LogP contribution in [0.3, 0.4) is 0 Å². The highest BCUT2D eigenvalue weighted by Crippen LogP contribution is 2.50. The topological polar surface area (TPSA) is 26.0 Å². The van der Waals surface area contributed by atoms with E-state index in [0.29, 0.717) is 11.5 Å². The highest BCUT2D eigenvalue weighted by atomic mass is 32.2. The van der Waals surface area contributed by atoms with Crippen LogP contribution in [0.4, 0.5) is 0 Å². The van der Waals surface area contributed by atoms with Crippen LogP contribution in [0, 0.1) is 5.41 Å². The molecule has 1 fully saturated rings. The van der Waals surface area contributed by atoms with E-state index in [9.17, 15) is 0 Å². The molecule has 1 saturated carbocycles. The number of hydrogen-bond acceptors (Lipinski definition) is 2. The van der Waals surface area contributed by atoms with Gasteiger partial charge in [-0.2, -0.15) is 11.8 Å². The van der Waals surface area contributed by atoms with Crippen LogP contribution in [-0.4, -0.2) is 17.5 Å². The Morgan fingerprint density at radius 2 is 2.20 bits per heavy atom. The lowest BCUT2D eigenvalue weighted by Crippen LogP contribution is -2.29. The monoisotopic (exact) mass is 159 g/mol. The van der Waals surface area contributed by atoms with Crippen LogP contribution in [0.2, 0.25) is 0 Å². The van der Waals surface area contributed by atoms with Crippen LogP contribution in [0.5, 0.6) is 0 Å². The van der Waals surface area contributed by atoms with Crippen LogP contribution in [-0.2, 0) is 0 Å². The molecule has 1 unspecified atom stereocenters. The van der Waals surface area contributed by atoms with E-state index in [-0.39, 0.29) is 0 Å². The fourth-order valence-corrected chi connectivity index (χ4v) is 2.36. The maximum absolute atomic E-state index is 5.86. The molecule has 1 aliphatic carbocycles. The standard InChI is InChI=1S/C8H17NS/c1-3-10-6-8(4-5-8)7(2)9/h7H,3-6,9H2,1-2H3. The first-order valence-electron chi connectivity index (χ1n) is 4.04. The fraction of sp³-hybridized carbons (Fsp3) is 1.00. The lowest BCUT2D eigenvalue weighted by molar-refractivity contribution is 0.474. The number of rotatable bonds is 4. The predicted octanol–water partition coefficient (Wildman–Crippen LogP) is 1.87. The zero-order chi connectivity index (χ0) is 7.61. The molecule has 1 nitrogen and oxygen atoms in total. The van der Waals surface area contributed by atoms with Gasteiger partial charge >= 0.3 is 0 Å². The van der Waals surface area contributed by atoms with Crippen molar-refractivity contribution in [2.24, 2.45) is 11.1 Å². The Bertz CT molecular complexity index is 108. The first kappa shape index (κ1) is 8.41. The predicted molar refractivity (Wildman–Crippen MR) is 48.3 cm³/mol. The molecule has 1 aliphatic rings. The normalized spacial score (nSPS) is 24.3. The lowest BCUT2D eigenvalue weighted by Gasteiger charge is -2.17. The minimum absolute atomic E-state index is 0.409. The number of nitrogens with two attached hydrogens (primary N) is 1. The van der Waals surface area contributed by atoms with Gasteiger partial charge in [-0.25, -0.2) is 0 Å². The second-order valence-corrected chi connectivity index (χ2v) is 4.56. The first-order chi connectivity index (χ1) is 4.71. The summed E-state index contributed by atoms with van der Waals surface area (Å²) in [5, 5.41) is 0. The third-order valence-electron chi connectivity index (χ3n) is 2.45. The quantitative estimate of drug-likeness (QED) is 0.677. The summed E-state index contributed by atoms with van der Waals surface area (Å²) in [4.78, 5) is 0. The number of hydrogen-bond donors (Lipinski definition) is 1. The van der Waals surface area contributed by atoms with Crippen molar-refractivity contribution < 1.29 is 0 Å². The van der Waals surface area contributed by atoms with Crippen molar-refractivity contribution in [1.82, 2.24) is 0 Å². The summed E-state index contributed by atoms with van der Waals surface area (Å²) >= 11 is 2.03. The minimum Gasteiger partial charge on any atom is -0.327 e. The van der Waals surface area contributed by atoms with E-state index in [1.807, 2.05) is 11.8 Å². The molecule has 2 N–H and O–H groups in total. The molecule has 0 bridgehead atoms. The molecule has 0 aliphatic heterocycles. The Labute approximate surface area is 67.8 Å². The molecule has 0 aromatic carbocycles. The van der Waals surface area contributed by atoms with Gasteiger partial charge < -0.3 is 5.73 Å². The Balaban J connectivity index is 2.24. The molecule has 2 heteroatoms. The summed E-state index contributed by atoms with van der Waals surface area (Å²) in [6.45, 7) is 4.35. The fourth-order valence-electron chi connectivity index (χ4n) is 1.20. The highest BCUT2D eigenvalue weighted by Gasteiger charge is 2.45. The average Bonchev–Trinajstić information content (AvgIpc) is 2.64. The molecular formula is C8H17NS. The summed E-state index contributed by atoms with van der Waals surface area (Å²) < 4.78 is 0. The molecule has 0 aromatic rings. The smallest absolute Gasteiger partial charge is 0.00749 e. The molecule has 60 valence electrons. The van der Waals surface area contributed by atoms with Crippen molar-refractivity contribution in [3.05, 3.63) is 0 Å². The van der Waals surface area contributed by atoms with E-state index >= 15 is 0 Å². The zero-order valence-electron chi connectivity index (χ0n) is 6.89. The molecule has 0 radical (unpaired) electrons. The van der Waals surface area contributed by atoms with E-state index in [2.05, 4.69) is 13.8 Å². The van der Waals surface area contributed by atoms with Crippen molar-refractivity contribution in [3.63, 3.8) is 0 Å². The maximum atomic E-state index is 5.86. The van der Waals surface area contributed by atoms with Crippen molar-refractivity contribution in [2.75, 3.05) is 11.5 Å². The molecular weight excluding hydrogens is 142 g/mol. The van der Waals surface area contributed by atoms with Gasteiger partial charge in [-0.05, 0) is 30.9 Å². The van der Waals surface area contributed by atoms with Crippen molar-refractivity contribution in [3.8, 4) is 0 Å². The third kappa shape index (κ3) is 1.67. The maximum Gasteiger partial charge on any atom is 0.00749 e. The minimum atomic E-state index is 0.409. The van der Waals surface area contributed by atoms with Gasteiger partial charge in [-0.1, -0.05) is 6.92 Å². The Kier molecular flexibility index (Phi) is 2.64. The van der Waals surface area contributed by atoms with Gasteiger partial charge in [0.2, 0.25) is 0 Å². The SMILES string of the molecule is CCSCC1(C(C)N)CC1. The highest BCUT2D eigenvalue weighted by molar-refractivity contribution is 7.99. The van der Waals surface area contributed by atoms with Crippen LogP contribution in [0.25, 0.3) is 0 Å². The van der Waals surface area contributed by atoms with Gasteiger partial charge in [0, 0.05) is 11.8 Å². The van der Waals surface area contributed by atoms with Crippen LogP contribution in [0.1, 0.15) is 26.7 Å². The molecule has 1 rings (SSSR count). The third-order valence-corrected chi connectivity index (χ3v) is 3.64. The average molecular weight is 159 g/mol. The summed E-state index contributed by atoms with van der Waals surface area (Å²) in [6, 6.07) is 0.409. The Hall–Kier alpha value is 0.310. The van der Waals surface area contributed by atoms with Crippen LogP contribution >= 0.6 is 11.8 Å². The van der Waals surface area contributed by atoms with Crippen LogP contribution < -0.4 is 5.73 Å². The summed E-state index contributed by atoms with van der Waals surface area (Å²) in [7, 11) is 0. The van der Waals surface area contributed by atoms with Crippen molar-refractivity contribution >= 4 is 11.8 Å². The van der Waals surface area contributed by atoms with Crippen molar-refractivity contribution in [2.45, 2.75) is 32.7 Å². The summed E-state index contributed by atoms with van der Waals surface area (Å²) in [5.74, 6) is 2.51. The lowest BCUT2D eigenvalue weighted by atomic mass is 10.0. The van der Waals surface area contributed by atoms with Crippen LogP contribution in [0.15, 0.2) is 0 Å². The van der Waals surface area contributed by atoms with E-state index in [1.54, 1.807) is 0 Å². The molecule has 0 amide bonds. The second-order valence-electron chi connectivity index (χ2n) is 3.29. The zero-order valence-corrected chi connectivity index (χ0v) is 7.71. The largest absolute Gasteiger partial charge is 0.327 e. The van der Waals surface area contributed by atoms with Gasteiger partial charge in [0.1, 0.15) is 0 Å². The van der Waals surface area contributed by atoms with E-state index < -0.39 is 0 Å². The van der Waals surface area contributed by atoms with Gasteiger partial charge in [-0.3, -0.25) is 0 Å². The number of thioether (sulfide) groups is 1. The Morgan fingerprint density at radius 1 is 1.60 bits per heavy atom. The van der Waals surface area contributed by atoms with E-state index in [0.717, 1.165) is 0 Å². The molecule has 1 atom stereocenters. The van der Waals surface area contributed by atoms with Gasteiger partial charge in [0.15, 0.2) is 0 Å². The van der Waals surface area contributed by atoms with Crippen molar-refractivity contribution in [1.29, 1.82) is 0 Å². The van der Waals surface area contributed by atoms with Gasteiger partial charge in [-0.15, -0.1) is 0 Å². The first-order valence-corrected chi connectivity index (χ1v) is 5.20. The molecule has 0 spiro atoms. The summed E-state index contributed by atoms with van der Waals surface area (Å²) in [5.41, 5.74) is 6.40. The second kappa shape index (κ2) is 3.14. The van der Waals surface area contributed by atoms with E-state index in [1.165, 1.54) is 24.3 Å². The van der Waals surface area contributed by atoms with Gasteiger partial charge in [0.05, 0.1) is 0 Å². The molecule has 10 heavy (non-hydrogen) atoms. The Morgan fingerprint density at radius 3 is 2.50 bits per heavy atom. The molecule has 0 saturated heterocycles.